The largest absolute Gasteiger partial charge is 0.355 e. The van der Waals surface area contributed by atoms with Crippen molar-refractivity contribution >= 4 is 5.91 Å². The second kappa shape index (κ2) is 3.56. The summed E-state index contributed by atoms with van der Waals surface area (Å²) in [5.74, 6) is 0.161. The van der Waals surface area contributed by atoms with Gasteiger partial charge in [0.1, 0.15) is 0 Å². The number of hydrogen-bond acceptors (Lipinski definition) is 2. The summed E-state index contributed by atoms with van der Waals surface area (Å²) in [6, 6.07) is 0.0833. The third-order valence-electron chi connectivity index (χ3n) is 1.69. The molecule has 1 amide bonds. The van der Waals surface area contributed by atoms with Crippen molar-refractivity contribution in [3.05, 3.63) is 0 Å². The van der Waals surface area contributed by atoms with Gasteiger partial charge >= 0.3 is 0 Å². The number of rotatable bonds is 3. The van der Waals surface area contributed by atoms with Crippen LogP contribution in [0.3, 0.4) is 0 Å². The Labute approximate surface area is 61.2 Å². The SMILES string of the molecule is CCCNC1CCNC1=O. The maximum absolute atomic E-state index is 10.9. The average Bonchev–Trinajstić information content (AvgIpc) is 2.31. The molecule has 1 atom stereocenters. The minimum atomic E-state index is 0.0833. The predicted molar refractivity (Wildman–Crippen MR) is 39.7 cm³/mol. The normalized spacial score (nSPS) is 24.9. The second-order valence-corrected chi connectivity index (χ2v) is 2.59. The van der Waals surface area contributed by atoms with E-state index in [2.05, 4.69) is 17.6 Å². The first kappa shape index (κ1) is 7.54. The van der Waals surface area contributed by atoms with E-state index in [1.807, 2.05) is 0 Å². The monoisotopic (exact) mass is 142 g/mol. The van der Waals surface area contributed by atoms with Crippen LogP contribution in [-0.2, 0) is 4.79 Å². The summed E-state index contributed by atoms with van der Waals surface area (Å²) in [5.41, 5.74) is 0. The standard InChI is InChI=1S/C7H14N2O/c1-2-4-8-6-3-5-9-7(6)10/h6,8H,2-5H2,1H3,(H,9,10). The molecule has 1 unspecified atom stereocenters. The molecular formula is C7H14N2O. The molecular weight excluding hydrogens is 128 g/mol. The molecule has 0 aromatic carbocycles. The van der Waals surface area contributed by atoms with Crippen LogP contribution in [-0.4, -0.2) is 25.0 Å². The summed E-state index contributed by atoms with van der Waals surface area (Å²) in [6.45, 7) is 3.87. The minimum absolute atomic E-state index is 0.0833. The molecule has 1 fully saturated rings. The average molecular weight is 142 g/mol. The van der Waals surface area contributed by atoms with E-state index in [9.17, 15) is 4.79 Å². The van der Waals surface area contributed by atoms with Crippen LogP contribution in [0.2, 0.25) is 0 Å². The topological polar surface area (TPSA) is 41.1 Å². The number of amides is 1. The first-order chi connectivity index (χ1) is 4.84. The molecule has 0 radical (unpaired) electrons. The molecule has 1 aliphatic heterocycles. The number of hydrogen-bond donors (Lipinski definition) is 2. The Bertz CT molecular complexity index is 125. The van der Waals surface area contributed by atoms with E-state index in [4.69, 9.17) is 0 Å². The molecule has 1 saturated heterocycles. The van der Waals surface area contributed by atoms with Crippen LogP contribution in [0, 0.1) is 0 Å². The fourth-order valence-electron chi connectivity index (χ4n) is 1.11. The number of nitrogens with one attached hydrogen (secondary N) is 2. The smallest absolute Gasteiger partial charge is 0.237 e. The van der Waals surface area contributed by atoms with Gasteiger partial charge in [0.25, 0.3) is 0 Å². The highest BCUT2D eigenvalue weighted by Gasteiger charge is 2.22. The Kier molecular flexibility index (Phi) is 2.68. The minimum Gasteiger partial charge on any atom is -0.355 e. The Morgan fingerprint density at radius 3 is 3.10 bits per heavy atom. The maximum atomic E-state index is 10.9. The summed E-state index contributed by atoms with van der Waals surface area (Å²) in [4.78, 5) is 10.9. The van der Waals surface area contributed by atoms with Gasteiger partial charge in [0, 0.05) is 6.54 Å². The van der Waals surface area contributed by atoms with Crippen molar-refractivity contribution in [3.8, 4) is 0 Å². The van der Waals surface area contributed by atoms with Gasteiger partial charge in [0.05, 0.1) is 6.04 Å². The number of carbonyl (C=O) groups is 1. The summed E-state index contributed by atoms with van der Waals surface area (Å²) < 4.78 is 0. The molecule has 0 aliphatic carbocycles. The van der Waals surface area contributed by atoms with E-state index in [0.717, 1.165) is 25.9 Å². The van der Waals surface area contributed by atoms with Crippen LogP contribution < -0.4 is 10.6 Å². The molecule has 0 aromatic rings. The fourth-order valence-corrected chi connectivity index (χ4v) is 1.11. The van der Waals surface area contributed by atoms with Crippen molar-refractivity contribution in [3.63, 3.8) is 0 Å². The Balaban J connectivity index is 2.20. The van der Waals surface area contributed by atoms with Crippen molar-refractivity contribution in [2.24, 2.45) is 0 Å². The van der Waals surface area contributed by atoms with E-state index in [1.165, 1.54) is 0 Å². The third-order valence-corrected chi connectivity index (χ3v) is 1.69. The highest BCUT2D eigenvalue weighted by Crippen LogP contribution is 1.98. The van der Waals surface area contributed by atoms with Gasteiger partial charge in [-0.25, -0.2) is 0 Å². The van der Waals surface area contributed by atoms with Gasteiger partial charge in [-0.3, -0.25) is 4.79 Å². The van der Waals surface area contributed by atoms with Crippen molar-refractivity contribution < 1.29 is 4.79 Å². The van der Waals surface area contributed by atoms with Gasteiger partial charge in [-0.15, -0.1) is 0 Å². The number of carbonyl (C=O) groups excluding carboxylic acids is 1. The molecule has 0 aromatic heterocycles. The van der Waals surface area contributed by atoms with Gasteiger partial charge in [-0.05, 0) is 19.4 Å². The predicted octanol–water partition coefficient (Wildman–Crippen LogP) is -0.126. The van der Waals surface area contributed by atoms with Crippen LogP contribution in [0.4, 0.5) is 0 Å². The molecule has 2 N–H and O–H groups in total. The van der Waals surface area contributed by atoms with Crippen LogP contribution >= 0.6 is 0 Å². The van der Waals surface area contributed by atoms with Crippen LogP contribution in [0.5, 0.6) is 0 Å². The van der Waals surface area contributed by atoms with Crippen molar-refractivity contribution in [2.45, 2.75) is 25.8 Å². The molecule has 1 aliphatic rings. The molecule has 1 heterocycles. The summed E-state index contributed by atoms with van der Waals surface area (Å²) >= 11 is 0. The van der Waals surface area contributed by atoms with Crippen LogP contribution in [0.15, 0.2) is 0 Å². The summed E-state index contributed by atoms with van der Waals surface area (Å²) in [5, 5.41) is 5.95. The summed E-state index contributed by atoms with van der Waals surface area (Å²) in [7, 11) is 0. The van der Waals surface area contributed by atoms with Gasteiger partial charge < -0.3 is 10.6 Å². The van der Waals surface area contributed by atoms with E-state index in [0.29, 0.717) is 0 Å². The molecule has 1 rings (SSSR count). The Morgan fingerprint density at radius 1 is 1.80 bits per heavy atom. The molecule has 58 valence electrons. The van der Waals surface area contributed by atoms with Gasteiger partial charge in [0.15, 0.2) is 0 Å². The zero-order valence-corrected chi connectivity index (χ0v) is 6.31. The third kappa shape index (κ3) is 1.70. The lowest BCUT2D eigenvalue weighted by atomic mass is 10.2. The molecule has 0 saturated carbocycles. The first-order valence-corrected chi connectivity index (χ1v) is 3.85. The lowest BCUT2D eigenvalue weighted by Crippen LogP contribution is -2.36. The highest BCUT2D eigenvalue weighted by molar-refractivity contribution is 5.83. The molecule has 10 heavy (non-hydrogen) atoms. The lowest BCUT2D eigenvalue weighted by molar-refractivity contribution is -0.120. The Hall–Kier alpha value is -0.570. The van der Waals surface area contributed by atoms with Crippen molar-refractivity contribution in [1.29, 1.82) is 0 Å². The van der Waals surface area contributed by atoms with Gasteiger partial charge in [0.2, 0.25) is 5.91 Å². The highest BCUT2D eigenvalue weighted by atomic mass is 16.2. The first-order valence-electron chi connectivity index (χ1n) is 3.85. The Morgan fingerprint density at radius 2 is 2.60 bits per heavy atom. The van der Waals surface area contributed by atoms with Crippen molar-refractivity contribution in [1.82, 2.24) is 10.6 Å². The van der Waals surface area contributed by atoms with Gasteiger partial charge in [-0.2, -0.15) is 0 Å². The fraction of sp³-hybridized carbons (Fsp3) is 0.857. The molecule has 0 spiro atoms. The van der Waals surface area contributed by atoms with Crippen molar-refractivity contribution in [2.75, 3.05) is 13.1 Å². The molecule has 3 heteroatoms. The zero-order valence-electron chi connectivity index (χ0n) is 6.31. The van der Waals surface area contributed by atoms with E-state index < -0.39 is 0 Å². The van der Waals surface area contributed by atoms with Crippen LogP contribution in [0.25, 0.3) is 0 Å². The zero-order chi connectivity index (χ0) is 7.40. The summed E-state index contributed by atoms with van der Waals surface area (Å²) in [6.07, 6.45) is 2.03. The lowest BCUT2D eigenvalue weighted by Gasteiger charge is -2.06. The second-order valence-electron chi connectivity index (χ2n) is 2.59. The molecule has 3 nitrogen and oxygen atoms in total. The molecule has 0 bridgehead atoms. The quantitative estimate of drug-likeness (QED) is 0.576. The van der Waals surface area contributed by atoms with Crippen LogP contribution in [0.1, 0.15) is 19.8 Å². The maximum Gasteiger partial charge on any atom is 0.237 e. The van der Waals surface area contributed by atoms with Gasteiger partial charge in [-0.1, -0.05) is 6.92 Å². The van der Waals surface area contributed by atoms with E-state index in [1.54, 1.807) is 0 Å². The van der Waals surface area contributed by atoms with E-state index in [-0.39, 0.29) is 11.9 Å². The van der Waals surface area contributed by atoms with E-state index >= 15 is 0 Å².